The smallest absolute Gasteiger partial charge is 0.270 e. The first kappa shape index (κ1) is 23.3. The summed E-state index contributed by atoms with van der Waals surface area (Å²) in [5.41, 5.74) is 1.50. The van der Waals surface area contributed by atoms with Crippen molar-refractivity contribution >= 4 is 21.6 Å². The number of carbonyl (C=O) groups is 1. The highest BCUT2D eigenvalue weighted by molar-refractivity contribution is 7.89. The fraction of sp³-hybridized carbons (Fsp3) is 0.435. The van der Waals surface area contributed by atoms with Crippen LogP contribution in [0.15, 0.2) is 41.3 Å². The molecule has 0 unspecified atom stereocenters. The molecule has 0 aromatic heterocycles. The molecule has 2 saturated heterocycles. The number of nitro groups is 1. The first-order valence-electron chi connectivity index (χ1n) is 10.8. The molecule has 0 bridgehead atoms. The van der Waals surface area contributed by atoms with Gasteiger partial charge in [-0.3, -0.25) is 14.9 Å². The number of nitrogens with zero attached hydrogens (tertiary/aromatic N) is 3. The van der Waals surface area contributed by atoms with E-state index in [0.717, 1.165) is 5.56 Å². The van der Waals surface area contributed by atoms with E-state index >= 15 is 0 Å². The van der Waals surface area contributed by atoms with Crippen molar-refractivity contribution < 1.29 is 22.9 Å². The van der Waals surface area contributed by atoms with Crippen LogP contribution in [0.4, 0.5) is 5.69 Å². The average molecular weight is 474 g/mol. The maximum atomic E-state index is 13.7. The molecule has 33 heavy (non-hydrogen) atoms. The molecule has 2 aromatic rings. The third-order valence-electron chi connectivity index (χ3n) is 6.41. The van der Waals surface area contributed by atoms with Crippen LogP contribution in [-0.2, 0) is 14.8 Å². The van der Waals surface area contributed by atoms with E-state index in [1.807, 2.05) is 19.1 Å². The number of non-ortho nitro benzene ring substituents is 1. The predicted octanol–water partition coefficient (Wildman–Crippen LogP) is 3.17. The first-order valence-corrected chi connectivity index (χ1v) is 12.3. The number of likely N-dealkylation sites (tertiary alicyclic amines) is 1. The first-order chi connectivity index (χ1) is 15.5. The van der Waals surface area contributed by atoms with E-state index in [-0.39, 0.29) is 23.7 Å². The number of nitro benzene ring substituents is 1. The standard InChI is InChI=1S/C23H27N3O6S/c1-16-13-17(2)21(18(3)14-16)33(30,31)25-11-12-32-23(25)7-9-24(10-8-23)22(27)19-5-4-6-20(15-19)26(28)29/h4-6,13-15H,7-12H2,1-3H3. The van der Waals surface area contributed by atoms with Gasteiger partial charge < -0.3 is 9.64 Å². The zero-order valence-corrected chi connectivity index (χ0v) is 19.7. The Morgan fingerprint density at radius 3 is 2.30 bits per heavy atom. The van der Waals surface area contributed by atoms with Crippen molar-refractivity contribution in [3.05, 3.63) is 68.8 Å². The highest BCUT2D eigenvalue weighted by Gasteiger charge is 2.51. The lowest BCUT2D eigenvalue weighted by Gasteiger charge is -2.43. The molecule has 2 fully saturated rings. The normalized spacial score (nSPS) is 18.6. The minimum absolute atomic E-state index is 0.144. The minimum atomic E-state index is -3.80. The van der Waals surface area contributed by atoms with Gasteiger partial charge in [-0.2, -0.15) is 4.31 Å². The van der Waals surface area contributed by atoms with E-state index < -0.39 is 20.7 Å². The van der Waals surface area contributed by atoms with Crippen molar-refractivity contribution in [2.75, 3.05) is 26.2 Å². The van der Waals surface area contributed by atoms with E-state index in [4.69, 9.17) is 4.74 Å². The number of ether oxygens (including phenoxy) is 1. The molecule has 0 radical (unpaired) electrons. The lowest BCUT2D eigenvalue weighted by molar-refractivity contribution is -0.384. The summed E-state index contributed by atoms with van der Waals surface area (Å²) in [7, 11) is -3.80. The lowest BCUT2D eigenvalue weighted by atomic mass is 10.00. The van der Waals surface area contributed by atoms with Gasteiger partial charge in [0.25, 0.3) is 11.6 Å². The van der Waals surface area contributed by atoms with Crippen LogP contribution in [0.1, 0.15) is 39.9 Å². The van der Waals surface area contributed by atoms with E-state index in [1.165, 1.54) is 22.5 Å². The molecule has 1 amide bonds. The van der Waals surface area contributed by atoms with E-state index in [1.54, 1.807) is 24.8 Å². The monoisotopic (exact) mass is 473 g/mol. The average Bonchev–Trinajstić information content (AvgIpc) is 3.17. The Morgan fingerprint density at radius 1 is 1.06 bits per heavy atom. The van der Waals surface area contributed by atoms with Crippen molar-refractivity contribution in [2.24, 2.45) is 0 Å². The largest absolute Gasteiger partial charge is 0.358 e. The minimum Gasteiger partial charge on any atom is -0.358 e. The quantitative estimate of drug-likeness (QED) is 0.498. The van der Waals surface area contributed by atoms with Gasteiger partial charge in [-0.15, -0.1) is 0 Å². The van der Waals surface area contributed by atoms with Crippen LogP contribution >= 0.6 is 0 Å². The summed E-state index contributed by atoms with van der Waals surface area (Å²) in [6.07, 6.45) is 0.660. The number of piperidine rings is 1. The zero-order chi connectivity index (χ0) is 24.0. The second-order valence-electron chi connectivity index (χ2n) is 8.70. The fourth-order valence-corrected chi connectivity index (χ4v) is 7.15. The van der Waals surface area contributed by atoms with E-state index in [2.05, 4.69) is 0 Å². The summed E-state index contributed by atoms with van der Waals surface area (Å²) in [5.74, 6) is -0.314. The molecular formula is C23H27N3O6S. The summed E-state index contributed by atoms with van der Waals surface area (Å²) in [6.45, 7) is 6.67. The Kier molecular flexibility index (Phi) is 6.02. The van der Waals surface area contributed by atoms with Crippen LogP contribution in [0.3, 0.4) is 0 Å². The number of sulfonamides is 1. The molecule has 4 rings (SSSR count). The van der Waals surface area contributed by atoms with Crippen LogP contribution in [-0.4, -0.2) is 60.4 Å². The number of amides is 1. The molecule has 2 aromatic carbocycles. The SMILES string of the molecule is Cc1cc(C)c(S(=O)(=O)N2CCOC23CCN(C(=O)c2cccc([N+](=O)[O-])c2)CC3)c(C)c1. The predicted molar refractivity (Wildman–Crippen MR) is 121 cm³/mol. The molecule has 1 spiro atoms. The van der Waals surface area contributed by atoms with Crippen LogP contribution in [0.5, 0.6) is 0 Å². The second kappa shape index (κ2) is 8.51. The van der Waals surface area contributed by atoms with Crippen molar-refractivity contribution in [1.29, 1.82) is 0 Å². The van der Waals surface area contributed by atoms with Gasteiger partial charge in [0, 0.05) is 50.2 Å². The van der Waals surface area contributed by atoms with Crippen molar-refractivity contribution in [2.45, 2.75) is 44.2 Å². The Labute approximate surface area is 193 Å². The molecule has 0 saturated carbocycles. The van der Waals surface area contributed by atoms with Gasteiger partial charge >= 0.3 is 0 Å². The second-order valence-corrected chi connectivity index (χ2v) is 10.5. The topological polar surface area (TPSA) is 110 Å². The Bertz CT molecular complexity index is 1200. The van der Waals surface area contributed by atoms with Crippen LogP contribution in [0.2, 0.25) is 0 Å². The molecule has 0 N–H and O–H groups in total. The molecule has 0 atom stereocenters. The maximum Gasteiger partial charge on any atom is 0.270 e. The summed E-state index contributed by atoms with van der Waals surface area (Å²) >= 11 is 0. The van der Waals surface area contributed by atoms with Crippen molar-refractivity contribution in [3.8, 4) is 0 Å². The van der Waals surface area contributed by atoms with E-state index in [0.29, 0.717) is 48.6 Å². The summed E-state index contributed by atoms with van der Waals surface area (Å²) < 4.78 is 34.9. The molecule has 2 aliphatic rings. The van der Waals surface area contributed by atoms with E-state index in [9.17, 15) is 23.3 Å². The molecule has 10 heteroatoms. The Morgan fingerprint density at radius 2 is 1.70 bits per heavy atom. The Hall–Kier alpha value is -2.82. The number of benzene rings is 2. The number of carbonyl (C=O) groups excluding carboxylic acids is 1. The van der Waals surface area contributed by atoms with Gasteiger partial charge in [-0.05, 0) is 38.0 Å². The summed E-state index contributed by atoms with van der Waals surface area (Å²) in [4.78, 5) is 25.3. The van der Waals surface area contributed by atoms with Crippen molar-refractivity contribution in [1.82, 2.24) is 9.21 Å². The van der Waals surface area contributed by atoms with Gasteiger partial charge in [-0.1, -0.05) is 23.8 Å². The Balaban J connectivity index is 1.56. The molecule has 2 heterocycles. The number of aryl methyl sites for hydroxylation is 3. The highest BCUT2D eigenvalue weighted by Crippen LogP contribution is 2.40. The third kappa shape index (κ3) is 4.14. The molecule has 2 aliphatic heterocycles. The maximum absolute atomic E-state index is 13.7. The van der Waals surface area contributed by atoms with Gasteiger partial charge in [-0.25, -0.2) is 8.42 Å². The fourth-order valence-electron chi connectivity index (χ4n) is 5.01. The van der Waals surface area contributed by atoms with Gasteiger partial charge in [0.15, 0.2) is 0 Å². The molecule has 9 nitrogen and oxygen atoms in total. The van der Waals surface area contributed by atoms with Crippen LogP contribution in [0, 0.1) is 30.9 Å². The summed E-state index contributed by atoms with van der Waals surface area (Å²) in [6, 6.07) is 9.36. The number of hydrogen-bond acceptors (Lipinski definition) is 6. The number of rotatable bonds is 4. The van der Waals surface area contributed by atoms with Gasteiger partial charge in [0.1, 0.15) is 5.72 Å². The third-order valence-corrected chi connectivity index (χ3v) is 8.66. The van der Waals surface area contributed by atoms with Crippen LogP contribution < -0.4 is 0 Å². The number of hydrogen-bond donors (Lipinski definition) is 0. The molecule has 176 valence electrons. The van der Waals surface area contributed by atoms with Crippen LogP contribution in [0.25, 0.3) is 0 Å². The molecular weight excluding hydrogens is 446 g/mol. The molecule has 0 aliphatic carbocycles. The van der Waals surface area contributed by atoms with Gasteiger partial charge in [0.05, 0.1) is 16.4 Å². The zero-order valence-electron chi connectivity index (χ0n) is 18.9. The summed E-state index contributed by atoms with van der Waals surface area (Å²) in [5, 5.41) is 11.0. The highest BCUT2D eigenvalue weighted by atomic mass is 32.2. The lowest BCUT2D eigenvalue weighted by Crippen LogP contribution is -2.55. The van der Waals surface area contributed by atoms with Crippen molar-refractivity contribution in [3.63, 3.8) is 0 Å². The van der Waals surface area contributed by atoms with Gasteiger partial charge in [0.2, 0.25) is 10.0 Å².